The Morgan fingerprint density at radius 1 is 1.42 bits per heavy atom. The van der Waals surface area contributed by atoms with E-state index in [2.05, 4.69) is 35.0 Å². The Kier molecular flexibility index (Phi) is 3.61. The lowest BCUT2D eigenvalue weighted by molar-refractivity contribution is -0.0175. The van der Waals surface area contributed by atoms with Gasteiger partial charge in [0.15, 0.2) is 0 Å². The number of fused-ring (bicyclic) bond motifs is 1. The van der Waals surface area contributed by atoms with Crippen molar-refractivity contribution in [1.29, 1.82) is 0 Å². The van der Waals surface area contributed by atoms with Crippen LogP contribution in [0.4, 0.5) is 0 Å². The first-order chi connectivity index (χ1) is 9.12. The molecule has 3 rings (SSSR count). The molecule has 1 aliphatic carbocycles. The first kappa shape index (κ1) is 13.4. The molecule has 104 valence electrons. The molecule has 1 heterocycles. The van der Waals surface area contributed by atoms with Crippen molar-refractivity contribution in [2.45, 2.75) is 57.1 Å². The van der Waals surface area contributed by atoms with Crippen molar-refractivity contribution in [3.05, 3.63) is 28.2 Å². The molecule has 0 bridgehead atoms. The molecule has 2 N–H and O–H groups in total. The van der Waals surface area contributed by atoms with Gasteiger partial charge < -0.3 is 10.5 Å². The zero-order valence-corrected chi connectivity index (χ0v) is 13.1. The van der Waals surface area contributed by atoms with Crippen LogP contribution in [-0.2, 0) is 0 Å². The molecule has 0 saturated heterocycles. The van der Waals surface area contributed by atoms with Gasteiger partial charge in [0.25, 0.3) is 0 Å². The fraction of sp³-hybridized carbons (Fsp3) is 0.625. The number of benzene rings is 1. The zero-order chi connectivity index (χ0) is 13.5. The Balaban J connectivity index is 1.89. The number of nitrogens with two attached hydrogens (primary N) is 1. The Bertz CT molecular complexity index is 476. The topological polar surface area (TPSA) is 35.2 Å². The molecule has 0 radical (unpaired) electrons. The molecule has 2 unspecified atom stereocenters. The second kappa shape index (κ2) is 5.10. The van der Waals surface area contributed by atoms with Crippen LogP contribution in [0.1, 0.15) is 57.1 Å². The third-order valence-electron chi connectivity index (χ3n) is 4.77. The molecule has 1 saturated carbocycles. The Hall–Kier alpha value is -0.540. The highest BCUT2D eigenvalue weighted by molar-refractivity contribution is 9.10. The average Bonchev–Trinajstić information content (AvgIpc) is 2.40. The smallest absolute Gasteiger partial charge is 0.124 e. The molecule has 1 aromatic carbocycles. The zero-order valence-electron chi connectivity index (χ0n) is 11.5. The van der Waals surface area contributed by atoms with E-state index >= 15 is 0 Å². The van der Waals surface area contributed by atoms with Crippen molar-refractivity contribution in [2.75, 3.05) is 0 Å². The first-order valence-corrected chi connectivity index (χ1v) is 8.15. The largest absolute Gasteiger partial charge is 0.487 e. The molecule has 2 aliphatic rings. The summed E-state index contributed by atoms with van der Waals surface area (Å²) < 4.78 is 7.50. The fourth-order valence-electron chi connectivity index (χ4n) is 3.76. The molecule has 3 atom stereocenters. The van der Waals surface area contributed by atoms with Gasteiger partial charge in [0.2, 0.25) is 0 Å². The van der Waals surface area contributed by atoms with Gasteiger partial charge in [-0.3, -0.25) is 0 Å². The molecule has 0 amide bonds. The van der Waals surface area contributed by atoms with Gasteiger partial charge in [-0.05, 0) is 43.4 Å². The highest BCUT2D eigenvalue weighted by atomic mass is 79.9. The quantitative estimate of drug-likeness (QED) is 0.821. The lowest BCUT2D eigenvalue weighted by Gasteiger charge is -2.46. The Morgan fingerprint density at radius 3 is 3.05 bits per heavy atom. The predicted octanol–water partition coefficient (Wildman–Crippen LogP) is 4.57. The van der Waals surface area contributed by atoms with Crippen molar-refractivity contribution in [3.63, 3.8) is 0 Å². The van der Waals surface area contributed by atoms with Crippen LogP contribution < -0.4 is 10.5 Å². The van der Waals surface area contributed by atoms with E-state index in [-0.39, 0.29) is 11.6 Å². The second-order valence-electron chi connectivity index (χ2n) is 6.15. The van der Waals surface area contributed by atoms with Crippen molar-refractivity contribution in [2.24, 2.45) is 11.7 Å². The number of rotatable bonds is 1. The van der Waals surface area contributed by atoms with Crippen molar-refractivity contribution in [3.8, 4) is 5.75 Å². The normalized spacial score (nSPS) is 33.8. The third kappa shape index (κ3) is 2.55. The third-order valence-corrected chi connectivity index (χ3v) is 5.27. The summed E-state index contributed by atoms with van der Waals surface area (Å²) in [5.74, 6) is 1.80. The maximum atomic E-state index is 6.42. The number of halogens is 1. The van der Waals surface area contributed by atoms with E-state index in [1.807, 2.05) is 6.07 Å². The molecule has 1 aliphatic heterocycles. The Labute approximate surface area is 123 Å². The number of ether oxygens (including phenoxy) is 1. The lowest BCUT2D eigenvalue weighted by Crippen LogP contribution is -2.46. The molecule has 1 fully saturated rings. The summed E-state index contributed by atoms with van der Waals surface area (Å²) in [5, 5.41) is 0. The van der Waals surface area contributed by atoms with Crippen LogP contribution in [0.5, 0.6) is 5.75 Å². The lowest BCUT2D eigenvalue weighted by atomic mass is 9.72. The van der Waals surface area contributed by atoms with Gasteiger partial charge in [-0.25, -0.2) is 0 Å². The summed E-state index contributed by atoms with van der Waals surface area (Å²) >= 11 is 3.52. The van der Waals surface area contributed by atoms with E-state index in [0.717, 1.165) is 34.5 Å². The maximum absolute atomic E-state index is 6.42. The van der Waals surface area contributed by atoms with Crippen LogP contribution >= 0.6 is 15.9 Å². The van der Waals surface area contributed by atoms with E-state index < -0.39 is 0 Å². The molecule has 1 spiro atoms. The van der Waals surface area contributed by atoms with Gasteiger partial charge in [0.05, 0.1) is 0 Å². The maximum Gasteiger partial charge on any atom is 0.124 e. The SMILES string of the molecule is CCC1CCCC2(C1)C[C@H](N)c1cc(Br)ccc1O2. The van der Waals surface area contributed by atoms with Crippen LogP contribution in [0.25, 0.3) is 0 Å². The molecule has 3 heteroatoms. The highest BCUT2D eigenvalue weighted by Crippen LogP contribution is 2.47. The average molecular weight is 324 g/mol. The van der Waals surface area contributed by atoms with Crippen LogP contribution in [0.2, 0.25) is 0 Å². The van der Waals surface area contributed by atoms with Gasteiger partial charge in [0, 0.05) is 22.5 Å². The summed E-state index contributed by atoms with van der Waals surface area (Å²) in [5.41, 5.74) is 7.56. The molecule has 1 aromatic rings. The summed E-state index contributed by atoms with van der Waals surface area (Å²) in [6, 6.07) is 6.32. The monoisotopic (exact) mass is 323 g/mol. The van der Waals surface area contributed by atoms with Gasteiger partial charge in [-0.1, -0.05) is 35.7 Å². The standard InChI is InChI=1S/C16H22BrNO/c1-2-11-4-3-7-16(9-11)10-14(18)13-8-12(17)5-6-15(13)19-16/h5-6,8,11,14H,2-4,7,9-10,18H2,1H3/t11?,14-,16?/m0/s1. The van der Waals surface area contributed by atoms with Gasteiger partial charge in [-0.2, -0.15) is 0 Å². The van der Waals surface area contributed by atoms with Crippen LogP contribution in [-0.4, -0.2) is 5.60 Å². The summed E-state index contributed by atoms with van der Waals surface area (Å²) in [6.45, 7) is 2.29. The van der Waals surface area contributed by atoms with E-state index in [0.29, 0.717) is 0 Å². The minimum absolute atomic E-state index is 0.000821. The fourth-order valence-corrected chi connectivity index (χ4v) is 4.14. The van der Waals surface area contributed by atoms with Crippen molar-refractivity contribution < 1.29 is 4.74 Å². The number of hydrogen-bond donors (Lipinski definition) is 1. The van der Waals surface area contributed by atoms with E-state index in [1.165, 1.54) is 25.7 Å². The van der Waals surface area contributed by atoms with Gasteiger partial charge >= 0.3 is 0 Å². The minimum atomic E-state index is -0.000821. The highest BCUT2D eigenvalue weighted by Gasteiger charge is 2.43. The molecular weight excluding hydrogens is 302 g/mol. The summed E-state index contributed by atoms with van der Waals surface area (Å²) in [6.07, 6.45) is 7.18. The minimum Gasteiger partial charge on any atom is -0.487 e. The van der Waals surface area contributed by atoms with Crippen LogP contribution in [0.3, 0.4) is 0 Å². The first-order valence-electron chi connectivity index (χ1n) is 7.36. The van der Waals surface area contributed by atoms with E-state index in [9.17, 15) is 0 Å². The van der Waals surface area contributed by atoms with Crippen LogP contribution in [0, 0.1) is 5.92 Å². The summed E-state index contributed by atoms with van der Waals surface area (Å²) in [7, 11) is 0. The Morgan fingerprint density at radius 2 is 2.26 bits per heavy atom. The second-order valence-corrected chi connectivity index (χ2v) is 7.06. The molecule has 19 heavy (non-hydrogen) atoms. The van der Waals surface area contributed by atoms with Gasteiger partial charge in [0.1, 0.15) is 11.4 Å². The predicted molar refractivity (Wildman–Crippen MR) is 81.3 cm³/mol. The number of hydrogen-bond acceptors (Lipinski definition) is 2. The molecular formula is C16H22BrNO. The molecule has 2 nitrogen and oxygen atoms in total. The van der Waals surface area contributed by atoms with E-state index in [4.69, 9.17) is 10.5 Å². The van der Waals surface area contributed by atoms with E-state index in [1.54, 1.807) is 0 Å². The van der Waals surface area contributed by atoms with Crippen LogP contribution in [0.15, 0.2) is 22.7 Å². The molecule has 0 aromatic heterocycles. The van der Waals surface area contributed by atoms with Gasteiger partial charge in [-0.15, -0.1) is 0 Å². The van der Waals surface area contributed by atoms with Crippen molar-refractivity contribution >= 4 is 15.9 Å². The van der Waals surface area contributed by atoms with Crippen molar-refractivity contribution in [1.82, 2.24) is 0 Å². The summed E-state index contributed by atoms with van der Waals surface area (Å²) in [4.78, 5) is 0.